The van der Waals surface area contributed by atoms with E-state index in [9.17, 15) is 8.42 Å². The fourth-order valence-corrected chi connectivity index (χ4v) is 7.15. The Labute approximate surface area is 158 Å². The second-order valence-corrected chi connectivity index (χ2v) is 9.75. The minimum Gasteiger partial charge on any atom is -0.224 e. The number of fused-ring (bicyclic) bond motifs is 1. The Hall–Kier alpha value is -1.61. The molecule has 0 N–H and O–H groups in total. The summed E-state index contributed by atoms with van der Waals surface area (Å²) in [5.74, 6) is 0.638. The summed E-state index contributed by atoms with van der Waals surface area (Å²) < 4.78 is 26.7. The Bertz CT molecular complexity index is 842. The van der Waals surface area contributed by atoms with Gasteiger partial charge in [-0.1, -0.05) is 82.1 Å². The van der Waals surface area contributed by atoms with Crippen molar-refractivity contribution in [3.8, 4) is 0 Å². The first kappa shape index (κ1) is 19.2. The summed E-state index contributed by atoms with van der Waals surface area (Å²) in [6.07, 6.45) is 4.03. The van der Waals surface area contributed by atoms with Gasteiger partial charge in [-0.2, -0.15) is 0 Å². The maximum absolute atomic E-state index is 13.4. The summed E-state index contributed by atoms with van der Waals surface area (Å²) in [6.45, 7) is 6.62. The van der Waals surface area contributed by atoms with Crippen LogP contribution in [0, 0.1) is 11.3 Å². The molecule has 0 spiro atoms. The second-order valence-electron chi connectivity index (χ2n) is 7.79. The number of hydrogen-bond donors (Lipinski definition) is 0. The number of benzene rings is 2. The van der Waals surface area contributed by atoms with E-state index in [2.05, 4.69) is 45.0 Å². The molecule has 0 saturated carbocycles. The predicted octanol–water partition coefficient (Wildman–Crippen LogP) is 5.83. The van der Waals surface area contributed by atoms with E-state index in [0.717, 1.165) is 31.2 Å². The first-order valence-corrected chi connectivity index (χ1v) is 11.5. The van der Waals surface area contributed by atoms with Crippen LogP contribution in [-0.2, 0) is 9.84 Å². The first-order chi connectivity index (χ1) is 12.4. The average Bonchev–Trinajstić information content (AvgIpc) is 2.73. The van der Waals surface area contributed by atoms with Gasteiger partial charge in [0.1, 0.15) is 0 Å². The van der Waals surface area contributed by atoms with Gasteiger partial charge in [0.05, 0.1) is 10.6 Å². The average molecular weight is 371 g/mol. The van der Waals surface area contributed by atoms with Crippen molar-refractivity contribution >= 4 is 9.84 Å². The van der Waals surface area contributed by atoms with Gasteiger partial charge in [0, 0.05) is 5.92 Å². The van der Waals surface area contributed by atoms with E-state index in [4.69, 9.17) is 0 Å². The molecule has 1 aliphatic heterocycles. The minimum atomic E-state index is -3.30. The fourth-order valence-electron chi connectivity index (χ4n) is 4.79. The third-order valence-corrected chi connectivity index (χ3v) is 8.42. The maximum atomic E-state index is 13.4. The van der Waals surface area contributed by atoms with Gasteiger partial charge in [0.25, 0.3) is 0 Å². The van der Waals surface area contributed by atoms with Crippen LogP contribution in [0.25, 0.3) is 0 Å². The topological polar surface area (TPSA) is 34.1 Å². The highest BCUT2D eigenvalue weighted by molar-refractivity contribution is 7.91. The van der Waals surface area contributed by atoms with Crippen LogP contribution in [0.1, 0.15) is 63.5 Å². The van der Waals surface area contributed by atoms with Crippen LogP contribution >= 0.6 is 0 Å². The van der Waals surface area contributed by atoms with E-state index in [0.29, 0.717) is 4.90 Å². The van der Waals surface area contributed by atoms with Crippen molar-refractivity contribution in [2.75, 3.05) is 5.75 Å². The lowest BCUT2D eigenvalue weighted by molar-refractivity contribution is 0.160. The Kier molecular flexibility index (Phi) is 5.57. The molecule has 0 aliphatic carbocycles. The van der Waals surface area contributed by atoms with Crippen LogP contribution in [0.2, 0.25) is 0 Å². The Morgan fingerprint density at radius 3 is 2.31 bits per heavy atom. The summed E-state index contributed by atoms with van der Waals surface area (Å²) >= 11 is 0. The molecule has 0 fully saturated rings. The summed E-state index contributed by atoms with van der Waals surface area (Å²) in [4.78, 5) is 0.535. The largest absolute Gasteiger partial charge is 0.224 e. The van der Waals surface area contributed by atoms with Crippen molar-refractivity contribution in [3.63, 3.8) is 0 Å². The van der Waals surface area contributed by atoms with Gasteiger partial charge < -0.3 is 0 Å². The van der Waals surface area contributed by atoms with Crippen LogP contribution in [0.4, 0.5) is 0 Å². The van der Waals surface area contributed by atoms with Gasteiger partial charge in [0.15, 0.2) is 9.84 Å². The van der Waals surface area contributed by atoms with Crippen LogP contribution in [0.3, 0.4) is 0 Å². The fraction of sp³-hybridized carbons (Fsp3) is 0.478. The molecule has 3 atom stereocenters. The molecule has 0 saturated heterocycles. The molecule has 0 bridgehead atoms. The van der Waals surface area contributed by atoms with Crippen molar-refractivity contribution in [1.82, 2.24) is 0 Å². The van der Waals surface area contributed by atoms with Gasteiger partial charge in [-0.25, -0.2) is 8.42 Å². The van der Waals surface area contributed by atoms with Crippen molar-refractivity contribution < 1.29 is 8.42 Å². The standard InChI is InChI=1S/C23H30O2S/c1-4-6-16-23(5-2)17-26(24,25)21-15-11-10-14-20(21)22(18(23)3)19-12-8-7-9-13-19/h7-15,18,22H,4-6,16-17H2,1-3H3/t18-,22+,23+/m0/s1. The highest BCUT2D eigenvalue weighted by atomic mass is 32.2. The molecule has 2 aromatic carbocycles. The Morgan fingerprint density at radius 2 is 1.65 bits per heavy atom. The molecular formula is C23H30O2S. The van der Waals surface area contributed by atoms with Gasteiger partial charge in [-0.3, -0.25) is 0 Å². The lowest BCUT2D eigenvalue weighted by atomic mass is 9.64. The molecular weight excluding hydrogens is 340 g/mol. The number of unbranched alkanes of at least 4 members (excludes halogenated alkanes) is 1. The third kappa shape index (κ3) is 3.34. The molecule has 3 rings (SSSR count). The molecule has 26 heavy (non-hydrogen) atoms. The van der Waals surface area contributed by atoms with E-state index < -0.39 is 9.84 Å². The Morgan fingerprint density at radius 1 is 1.00 bits per heavy atom. The molecule has 1 heterocycles. The molecule has 1 aliphatic rings. The van der Waals surface area contributed by atoms with Gasteiger partial charge in [0.2, 0.25) is 0 Å². The van der Waals surface area contributed by atoms with Crippen molar-refractivity contribution in [2.45, 2.75) is 57.3 Å². The van der Waals surface area contributed by atoms with Crippen LogP contribution in [0.15, 0.2) is 59.5 Å². The van der Waals surface area contributed by atoms with E-state index in [1.807, 2.05) is 24.3 Å². The lowest BCUT2D eigenvalue weighted by Crippen LogP contribution is -2.37. The third-order valence-electron chi connectivity index (χ3n) is 6.42. The summed E-state index contributed by atoms with van der Waals surface area (Å²) in [6, 6.07) is 18.1. The van der Waals surface area contributed by atoms with Gasteiger partial charge in [-0.15, -0.1) is 0 Å². The van der Waals surface area contributed by atoms with Gasteiger partial charge >= 0.3 is 0 Å². The van der Waals surface area contributed by atoms with E-state index in [-0.39, 0.29) is 23.0 Å². The quantitative estimate of drug-likeness (QED) is 0.664. The molecule has 0 radical (unpaired) electrons. The summed E-state index contributed by atoms with van der Waals surface area (Å²) in [5, 5.41) is 0. The Balaban J connectivity index is 2.25. The summed E-state index contributed by atoms with van der Waals surface area (Å²) in [5.41, 5.74) is 2.01. The highest BCUT2D eigenvalue weighted by Gasteiger charge is 2.47. The molecule has 0 amide bonds. The zero-order chi connectivity index (χ0) is 18.8. The SMILES string of the molecule is CCCC[C@]1(CC)CS(=O)(=O)c2ccccc2[C@@H](c2ccccc2)[C@@H]1C. The van der Waals surface area contributed by atoms with Crippen LogP contribution < -0.4 is 0 Å². The van der Waals surface area contributed by atoms with E-state index in [1.165, 1.54) is 5.56 Å². The van der Waals surface area contributed by atoms with E-state index >= 15 is 0 Å². The highest BCUT2D eigenvalue weighted by Crippen LogP contribution is 2.52. The molecule has 3 heteroatoms. The normalized spacial score (nSPS) is 27.5. The summed E-state index contributed by atoms with van der Waals surface area (Å²) in [7, 11) is -3.30. The maximum Gasteiger partial charge on any atom is 0.179 e. The number of hydrogen-bond acceptors (Lipinski definition) is 2. The second kappa shape index (κ2) is 7.56. The number of sulfone groups is 1. The predicted molar refractivity (Wildman–Crippen MR) is 108 cm³/mol. The monoisotopic (exact) mass is 370 g/mol. The van der Waals surface area contributed by atoms with Crippen molar-refractivity contribution in [3.05, 3.63) is 65.7 Å². The lowest BCUT2D eigenvalue weighted by Gasteiger charge is -2.41. The van der Waals surface area contributed by atoms with E-state index in [1.54, 1.807) is 6.07 Å². The molecule has 2 nitrogen and oxygen atoms in total. The van der Waals surface area contributed by atoms with Crippen LogP contribution in [0.5, 0.6) is 0 Å². The first-order valence-electron chi connectivity index (χ1n) is 9.82. The molecule has 2 aromatic rings. The smallest absolute Gasteiger partial charge is 0.179 e. The molecule has 140 valence electrons. The van der Waals surface area contributed by atoms with Crippen LogP contribution in [-0.4, -0.2) is 14.2 Å². The van der Waals surface area contributed by atoms with Crippen molar-refractivity contribution in [2.24, 2.45) is 11.3 Å². The molecule has 0 unspecified atom stereocenters. The molecule has 0 aromatic heterocycles. The van der Waals surface area contributed by atoms with Gasteiger partial charge in [-0.05, 0) is 41.4 Å². The zero-order valence-electron chi connectivity index (χ0n) is 16.1. The minimum absolute atomic E-state index is 0.112. The van der Waals surface area contributed by atoms with Crippen molar-refractivity contribution in [1.29, 1.82) is 0 Å². The number of rotatable bonds is 5. The zero-order valence-corrected chi connectivity index (χ0v) is 16.9.